The number of nitrogens with zero attached hydrogens (tertiary/aromatic N) is 2. The van der Waals surface area contributed by atoms with E-state index in [0.717, 1.165) is 42.1 Å². The van der Waals surface area contributed by atoms with E-state index in [0.29, 0.717) is 17.3 Å². The van der Waals surface area contributed by atoms with Crippen molar-refractivity contribution in [3.63, 3.8) is 0 Å². The number of halogens is 4. The van der Waals surface area contributed by atoms with E-state index < -0.39 is 11.7 Å². The molecule has 1 unspecified atom stereocenters. The molecule has 0 radical (unpaired) electrons. The number of alkyl halides is 4. The van der Waals surface area contributed by atoms with Crippen LogP contribution in [-0.2, 0) is 18.6 Å². The first-order valence-electron chi connectivity index (χ1n) is 6.69. The second-order valence-corrected chi connectivity index (χ2v) is 6.62. The first-order chi connectivity index (χ1) is 9.99. The highest BCUT2D eigenvalue weighted by Gasteiger charge is 2.31. The maximum atomic E-state index is 12.8. The van der Waals surface area contributed by atoms with Gasteiger partial charge < -0.3 is 4.57 Å². The minimum Gasteiger partial charge on any atom is -0.327 e. The van der Waals surface area contributed by atoms with Crippen molar-refractivity contribution in [1.29, 1.82) is 0 Å². The van der Waals surface area contributed by atoms with Crippen LogP contribution in [-0.4, -0.2) is 21.1 Å². The molecule has 1 aliphatic rings. The average Bonchev–Trinajstić information content (AvgIpc) is 3.05. The zero-order valence-electron chi connectivity index (χ0n) is 11.2. The van der Waals surface area contributed by atoms with Crippen LogP contribution in [0.5, 0.6) is 0 Å². The summed E-state index contributed by atoms with van der Waals surface area (Å²) < 4.78 is 40.3. The highest BCUT2D eigenvalue weighted by molar-refractivity contribution is 7.99. The lowest BCUT2D eigenvalue weighted by Crippen LogP contribution is -2.12. The highest BCUT2D eigenvalue weighted by atomic mass is 35.5. The molecule has 2 nitrogen and oxygen atoms in total. The third-order valence-corrected chi connectivity index (χ3v) is 5.21. The summed E-state index contributed by atoms with van der Waals surface area (Å²) in [4.78, 5) is 4.27. The largest absolute Gasteiger partial charge is 0.416 e. The highest BCUT2D eigenvalue weighted by Crippen LogP contribution is 2.33. The molecular formula is C14H14ClF3N2S. The van der Waals surface area contributed by atoms with Crippen LogP contribution in [0.1, 0.15) is 17.8 Å². The molecular weight excluding hydrogens is 321 g/mol. The van der Waals surface area contributed by atoms with E-state index in [1.165, 1.54) is 6.07 Å². The van der Waals surface area contributed by atoms with Crippen LogP contribution < -0.4 is 0 Å². The van der Waals surface area contributed by atoms with E-state index in [1.807, 2.05) is 16.3 Å². The van der Waals surface area contributed by atoms with Gasteiger partial charge in [-0.05, 0) is 42.0 Å². The van der Waals surface area contributed by atoms with Gasteiger partial charge >= 0.3 is 6.18 Å². The van der Waals surface area contributed by atoms with Crippen molar-refractivity contribution in [3.8, 4) is 0 Å². The first-order valence-corrected chi connectivity index (χ1v) is 8.38. The Morgan fingerprint density at radius 1 is 1.38 bits per heavy atom. The van der Waals surface area contributed by atoms with Gasteiger partial charge in [-0.1, -0.05) is 0 Å². The van der Waals surface area contributed by atoms with E-state index in [4.69, 9.17) is 11.6 Å². The van der Waals surface area contributed by atoms with Crippen molar-refractivity contribution >= 4 is 34.4 Å². The summed E-state index contributed by atoms with van der Waals surface area (Å²) in [7, 11) is 0. The molecule has 7 heteroatoms. The van der Waals surface area contributed by atoms with Crippen molar-refractivity contribution in [2.45, 2.75) is 25.0 Å². The summed E-state index contributed by atoms with van der Waals surface area (Å²) in [5, 5.41) is 0. The van der Waals surface area contributed by atoms with Gasteiger partial charge in [-0.2, -0.15) is 24.9 Å². The number of hydrogen-bond acceptors (Lipinski definition) is 2. The predicted octanol–water partition coefficient (Wildman–Crippen LogP) is 4.55. The Hall–Kier alpha value is -0.880. The molecule has 114 valence electrons. The fraction of sp³-hybridized carbons (Fsp3) is 0.500. The van der Waals surface area contributed by atoms with Gasteiger partial charge in [-0.25, -0.2) is 4.98 Å². The van der Waals surface area contributed by atoms with Crippen LogP contribution in [0.25, 0.3) is 11.0 Å². The van der Waals surface area contributed by atoms with Crippen molar-refractivity contribution in [1.82, 2.24) is 9.55 Å². The maximum Gasteiger partial charge on any atom is 0.416 e. The molecule has 1 saturated heterocycles. The Morgan fingerprint density at radius 3 is 2.81 bits per heavy atom. The van der Waals surface area contributed by atoms with E-state index in [9.17, 15) is 13.2 Å². The van der Waals surface area contributed by atoms with Crippen LogP contribution in [0.3, 0.4) is 0 Å². The van der Waals surface area contributed by atoms with Crippen LogP contribution in [0, 0.1) is 5.92 Å². The van der Waals surface area contributed by atoms with Crippen molar-refractivity contribution in [2.75, 3.05) is 11.5 Å². The third kappa shape index (κ3) is 3.01. The van der Waals surface area contributed by atoms with Gasteiger partial charge in [0.15, 0.2) is 0 Å². The summed E-state index contributed by atoms with van der Waals surface area (Å²) in [6.07, 6.45) is -3.21. The van der Waals surface area contributed by atoms with Gasteiger partial charge in [0.2, 0.25) is 0 Å². The number of fused-ring (bicyclic) bond motifs is 1. The van der Waals surface area contributed by atoms with Crippen LogP contribution in [0.2, 0.25) is 0 Å². The predicted molar refractivity (Wildman–Crippen MR) is 79.7 cm³/mol. The Labute approximate surface area is 129 Å². The molecule has 0 saturated carbocycles. The van der Waals surface area contributed by atoms with Gasteiger partial charge in [0.1, 0.15) is 5.82 Å². The number of benzene rings is 1. The Balaban J connectivity index is 2.01. The number of hydrogen-bond donors (Lipinski definition) is 0. The third-order valence-electron chi connectivity index (χ3n) is 3.74. The molecule has 1 aromatic heterocycles. The molecule has 1 aromatic carbocycles. The monoisotopic (exact) mass is 334 g/mol. The second kappa shape index (κ2) is 5.72. The van der Waals surface area contributed by atoms with E-state index >= 15 is 0 Å². The summed E-state index contributed by atoms with van der Waals surface area (Å²) in [6, 6.07) is 3.72. The van der Waals surface area contributed by atoms with Gasteiger partial charge in [0.25, 0.3) is 0 Å². The smallest absolute Gasteiger partial charge is 0.327 e. The lowest BCUT2D eigenvalue weighted by molar-refractivity contribution is -0.137. The molecule has 1 aliphatic heterocycles. The standard InChI is InChI=1S/C14H14ClF3N2S/c15-6-13-19-11-5-10(14(16,17)18)1-2-12(11)20(13)7-9-3-4-21-8-9/h1-2,5,9H,3-4,6-8H2. The minimum absolute atomic E-state index is 0.204. The molecule has 0 bridgehead atoms. The van der Waals surface area contributed by atoms with Crippen molar-refractivity contribution in [2.24, 2.45) is 5.92 Å². The molecule has 0 N–H and O–H groups in total. The summed E-state index contributed by atoms with van der Waals surface area (Å²) in [5.41, 5.74) is 0.430. The fourth-order valence-electron chi connectivity index (χ4n) is 2.65. The summed E-state index contributed by atoms with van der Waals surface area (Å²) in [6.45, 7) is 0.775. The molecule has 0 spiro atoms. The molecule has 21 heavy (non-hydrogen) atoms. The normalized spacial score (nSPS) is 19.5. The Kier molecular flexibility index (Phi) is 4.10. The van der Waals surface area contributed by atoms with Gasteiger partial charge in [-0.15, -0.1) is 11.6 Å². The zero-order valence-corrected chi connectivity index (χ0v) is 12.7. The SMILES string of the molecule is FC(F)(F)c1ccc2c(c1)nc(CCl)n2CC1CCSC1. The Morgan fingerprint density at radius 2 is 2.19 bits per heavy atom. The number of thioether (sulfide) groups is 1. The summed E-state index contributed by atoms with van der Waals surface area (Å²) >= 11 is 7.82. The molecule has 1 fully saturated rings. The number of imidazole rings is 1. The first kappa shape index (κ1) is 15.0. The average molecular weight is 335 g/mol. The molecule has 1 atom stereocenters. The van der Waals surface area contributed by atoms with Crippen LogP contribution in [0.4, 0.5) is 13.2 Å². The van der Waals surface area contributed by atoms with Gasteiger partial charge in [-0.3, -0.25) is 0 Å². The van der Waals surface area contributed by atoms with E-state index in [2.05, 4.69) is 4.98 Å². The molecule has 0 amide bonds. The molecule has 3 rings (SSSR count). The zero-order chi connectivity index (χ0) is 15.0. The quantitative estimate of drug-likeness (QED) is 0.766. The van der Waals surface area contributed by atoms with Crippen LogP contribution in [0.15, 0.2) is 18.2 Å². The lowest BCUT2D eigenvalue weighted by atomic mass is 10.1. The summed E-state index contributed by atoms with van der Waals surface area (Å²) in [5.74, 6) is 3.61. The topological polar surface area (TPSA) is 17.8 Å². The van der Waals surface area contributed by atoms with Crippen LogP contribution >= 0.6 is 23.4 Å². The van der Waals surface area contributed by atoms with Gasteiger partial charge in [0.05, 0.1) is 22.5 Å². The molecule has 2 aromatic rings. The molecule has 0 aliphatic carbocycles. The lowest BCUT2D eigenvalue weighted by Gasteiger charge is -2.13. The molecule has 2 heterocycles. The van der Waals surface area contributed by atoms with Gasteiger partial charge in [0, 0.05) is 6.54 Å². The fourth-order valence-corrected chi connectivity index (χ4v) is 4.12. The maximum absolute atomic E-state index is 12.8. The Bertz CT molecular complexity index is 647. The number of rotatable bonds is 3. The second-order valence-electron chi connectivity index (χ2n) is 5.20. The van der Waals surface area contributed by atoms with Crippen molar-refractivity contribution < 1.29 is 13.2 Å². The minimum atomic E-state index is -4.35. The number of aromatic nitrogens is 2. The van der Waals surface area contributed by atoms with E-state index in [-0.39, 0.29) is 5.88 Å². The van der Waals surface area contributed by atoms with Crippen molar-refractivity contribution in [3.05, 3.63) is 29.6 Å². The van der Waals surface area contributed by atoms with E-state index in [1.54, 1.807) is 0 Å².